The van der Waals surface area contributed by atoms with E-state index in [1.807, 2.05) is 4.90 Å². The topological polar surface area (TPSA) is 30.9 Å². The Morgan fingerprint density at radius 2 is 1.80 bits per heavy atom. The lowest BCUT2D eigenvalue weighted by molar-refractivity contribution is -0.169. The molecule has 0 radical (unpaired) electrons. The number of hydrogen-bond acceptors (Lipinski definition) is 4. The van der Waals surface area contributed by atoms with Crippen LogP contribution in [0, 0.1) is 11.6 Å². The van der Waals surface area contributed by atoms with Crippen LogP contribution in [0.5, 0.6) is 5.75 Å². The van der Waals surface area contributed by atoms with Gasteiger partial charge in [-0.15, -0.1) is 0 Å². The second kappa shape index (κ2) is 5.18. The van der Waals surface area contributed by atoms with Crippen LogP contribution in [0.25, 0.3) is 0 Å². The van der Waals surface area contributed by atoms with Crippen LogP contribution in [-0.4, -0.2) is 39.2 Å². The molecule has 1 spiro atoms. The van der Waals surface area contributed by atoms with Gasteiger partial charge in [0.05, 0.1) is 20.3 Å². The molecule has 20 heavy (non-hydrogen) atoms. The summed E-state index contributed by atoms with van der Waals surface area (Å²) in [5, 5.41) is 0. The summed E-state index contributed by atoms with van der Waals surface area (Å²) in [4.78, 5) is 1.99. The lowest BCUT2D eigenvalue weighted by Gasteiger charge is -2.38. The van der Waals surface area contributed by atoms with E-state index < -0.39 is 17.4 Å². The van der Waals surface area contributed by atoms with Gasteiger partial charge in [-0.25, -0.2) is 4.39 Å². The SMILES string of the molecule is COc1cc(N2CCC3(CC2)OCCO3)cc(F)c1F. The minimum atomic E-state index is -0.952. The average Bonchev–Trinajstić information content (AvgIpc) is 2.91. The maximum Gasteiger partial charge on any atom is 0.200 e. The molecule has 6 heteroatoms. The van der Waals surface area contributed by atoms with Gasteiger partial charge in [0.15, 0.2) is 17.4 Å². The Kier molecular flexibility index (Phi) is 3.52. The molecular weight excluding hydrogens is 268 g/mol. The molecule has 0 unspecified atom stereocenters. The standard InChI is InChI=1S/C14H17F2NO3/c1-18-12-9-10(8-11(15)13(12)16)17-4-2-14(3-5-17)19-6-7-20-14/h8-9H,2-7H2,1H3. The minimum Gasteiger partial charge on any atom is -0.493 e. The van der Waals surface area contributed by atoms with Crippen LogP contribution in [0.2, 0.25) is 0 Å². The van der Waals surface area contributed by atoms with Crippen molar-refractivity contribution in [3.05, 3.63) is 23.8 Å². The van der Waals surface area contributed by atoms with Crippen LogP contribution in [0.15, 0.2) is 12.1 Å². The zero-order chi connectivity index (χ0) is 14.2. The molecule has 0 atom stereocenters. The quantitative estimate of drug-likeness (QED) is 0.834. The number of anilines is 1. The smallest absolute Gasteiger partial charge is 0.200 e. The van der Waals surface area contributed by atoms with E-state index in [1.54, 1.807) is 0 Å². The first kappa shape index (κ1) is 13.6. The number of benzene rings is 1. The van der Waals surface area contributed by atoms with Crippen LogP contribution >= 0.6 is 0 Å². The Morgan fingerprint density at radius 3 is 2.40 bits per heavy atom. The van der Waals surface area contributed by atoms with Gasteiger partial charge >= 0.3 is 0 Å². The normalized spacial score (nSPS) is 21.4. The molecule has 4 nitrogen and oxygen atoms in total. The summed E-state index contributed by atoms with van der Waals surface area (Å²) in [7, 11) is 1.33. The van der Waals surface area contributed by atoms with E-state index in [4.69, 9.17) is 14.2 Å². The summed E-state index contributed by atoms with van der Waals surface area (Å²) >= 11 is 0. The van der Waals surface area contributed by atoms with E-state index >= 15 is 0 Å². The van der Waals surface area contributed by atoms with E-state index in [2.05, 4.69) is 0 Å². The molecule has 2 fully saturated rings. The third-order valence-corrected chi connectivity index (χ3v) is 3.90. The van der Waals surface area contributed by atoms with Crippen molar-refractivity contribution in [3.63, 3.8) is 0 Å². The highest BCUT2D eigenvalue weighted by atomic mass is 19.2. The molecule has 1 aromatic rings. The van der Waals surface area contributed by atoms with Gasteiger partial charge in [-0.3, -0.25) is 0 Å². The summed E-state index contributed by atoms with van der Waals surface area (Å²) in [5.74, 6) is -2.40. The van der Waals surface area contributed by atoms with Crippen LogP contribution in [0.4, 0.5) is 14.5 Å². The molecule has 0 saturated carbocycles. The Balaban J connectivity index is 1.76. The summed E-state index contributed by atoms with van der Waals surface area (Å²) < 4.78 is 43.1. The molecule has 2 heterocycles. The third-order valence-electron chi connectivity index (χ3n) is 3.90. The number of hydrogen-bond donors (Lipinski definition) is 0. The first-order chi connectivity index (χ1) is 9.63. The first-order valence-corrected chi connectivity index (χ1v) is 6.69. The Bertz CT molecular complexity index is 493. The second-order valence-electron chi connectivity index (χ2n) is 5.04. The lowest BCUT2D eigenvalue weighted by Crippen LogP contribution is -2.45. The summed E-state index contributed by atoms with van der Waals surface area (Å²) in [6, 6.07) is 2.72. The van der Waals surface area contributed by atoms with Gasteiger partial charge in [0.1, 0.15) is 0 Å². The average molecular weight is 285 g/mol. The predicted octanol–water partition coefficient (Wildman–Crippen LogP) is 2.32. The predicted molar refractivity (Wildman–Crippen MR) is 69.0 cm³/mol. The number of ether oxygens (including phenoxy) is 3. The molecule has 3 rings (SSSR count). The first-order valence-electron chi connectivity index (χ1n) is 6.69. The van der Waals surface area contributed by atoms with Crippen molar-refractivity contribution in [1.82, 2.24) is 0 Å². The molecule has 2 saturated heterocycles. The fraction of sp³-hybridized carbons (Fsp3) is 0.571. The van der Waals surface area contributed by atoms with Crippen LogP contribution < -0.4 is 9.64 Å². The van der Waals surface area contributed by atoms with Gasteiger partial charge in [0.2, 0.25) is 5.82 Å². The largest absolute Gasteiger partial charge is 0.493 e. The minimum absolute atomic E-state index is 0.0753. The van der Waals surface area contributed by atoms with E-state index in [1.165, 1.54) is 19.2 Å². The van der Waals surface area contributed by atoms with Gasteiger partial charge < -0.3 is 19.1 Å². The summed E-state index contributed by atoms with van der Waals surface area (Å²) in [6.07, 6.45) is 1.43. The second-order valence-corrected chi connectivity index (χ2v) is 5.04. The summed E-state index contributed by atoms with van der Waals surface area (Å²) in [6.45, 7) is 2.60. The van der Waals surface area contributed by atoms with E-state index in [0.29, 0.717) is 44.8 Å². The highest BCUT2D eigenvalue weighted by Crippen LogP contribution is 2.35. The van der Waals surface area contributed by atoms with Crippen molar-refractivity contribution in [2.45, 2.75) is 18.6 Å². The molecule has 0 N–H and O–H groups in total. The van der Waals surface area contributed by atoms with E-state index in [9.17, 15) is 8.78 Å². The van der Waals surface area contributed by atoms with Crippen molar-refractivity contribution in [2.75, 3.05) is 38.3 Å². The zero-order valence-corrected chi connectivity index (χ0v) is 11.3. The molecule has 0 aliphatic carbocycles. The van der Waals surface area contributed by atoms with Crippen LogP contribution in [-0.2, 0) is 9.47 Å². The maximum atomic E-state index is 13.5. The molecule has 1 aromatic carbocycles. The highest BCUT2D eigenvalue weighted by Gasteiger charge is 2.40. The number of methoxy groups -OCH3 is 1. The Morgan fingerprint density at radius 1 is 1.15 bits per heavy atom. The van der Waals surface area contributed by atoms with Crippen molar-refractivity contribution < 1.29 is 23.0 Å². The van der Waals surface area contributed by atoms with Crippen molar-refractivity contribution in [2.24, 2.45) is 0 Å². The molecule has 0 aromatic heterocycles. The number of piperidine rings is 1. The monoisotopic (exact) mass is 285 g/mol. The van der Waals surface area contributed by atoms with Crippen molar-refractivity contribution >= 4 is 5.69 Å². The fourth-order valence-electron chi connectivity index (χ4n) is 2.77. The molecule has 2 aliphatic rings. The van der Waals surface area contributed by atoms with Gasteiger partial charge in [-0.2, -0.15) is 4.39 Å². The number of nitrogens with zero attached hydrogens (tertiary/aromatic N) is 1. The third kappa shape index (κ3) is 2.33. The summed E-state index contributed by atoms with van der Waals surface area (Å²) in [5.41, 5.74) is 0.619. The molecular formula is C14H17F2NO3. The van der Waals surface area contributed by atoms with Crippen molar-refractivity contribution in [1.29, 1.82) is 0 Å². The molecule has 2 aliphatic heterocycles. The van der Waals surface area contributed by atoms with E-state index in [0.717, 1.165) is 0 Å². The van der Waals surface area contributed by atoms with E-state index in [-0.39, 0.29) is 5.75 Å². The number of rotatable bonds is 2. The molecule has 110 valence electrons. The van der Waals surface area contributed by atoms with Gasteiger partial charge in [0, 0.05) is 43.8 Å². The Labute approximate surface area is 116 Å². The fourth-order valence-corrected chi connectivity index (χ4v) is 2.77. The Hall–Kier alpha value is -1.40. The van der Waals surface area contributed by atoms with Gasteiger partial charge in [-0.1, -0.05) is 0 Å². The van der Waals surface area contributed by atoms with Gasteiger partial charge in [0.25, 0.3) is 0 Å². The molecule has 0 bridgehead atoms. The van der Waals surface area contributed by atoms with Crippen molar-refractivity contribution in [3.8, 4) is 5.75 Å². The zero-order valence-electron chi connectivity index (χ0n) is 11.3. The number of halogens is 2. The maximum absolute atomic E-state index is 13.5. The van der Waals surface area contributed by atoms with Crippen LogP contribution in [0.1, 0.15) is 12.8 Å². The highest BCUT2D eigenvalue weighted by molar-refractivity contribution is 5.52. The lowest BCUT2D eigenvalue weighted by atomic mass is 10.0. The van der Waals surface area contributed by atoms with Gasteiger partial charge in [-0.05, 0) is 0 Å². The van der Waals surface area contributed by atoms with Crippen LogP contribution in [0.3, 0.4) is 0 Å². The molecule has 0 amide bonds.